The maximum absolute atomic E-state index is 13.6. The fraction of sp³-hybridized carbons (Fsp3) is 0.435. The van der Waals surface area contributed by atoms with E-state index in [1.807, 2.05) is 6.92 Å². The van der Waals surface area contributed by atoms with Crippen LogP contribution in [-0.4, -0.2) is 67.3 Å². The zero-order chi connectivity index (χ0) is 23.3. The van der Waals surface area contributed by atoms with Crippen LogP contribution in [0.5, 0.6) is 11.5 Å². The van der Waals surface area contributed by atoms with Crippen LogP contribution in [0.1, 0.15) is 37.9 Å². The zero-order valence-electron chi connectivity index (χ0n) is 18.9. The van der Waals surface area contributed by atoms with Crippen molar-refractivity contribution in [2.24, 2.45) is 0 Å². The number of carbonyl (C=O) groups is 3. The summed E-state index contributed by atoms with van der Waals surface area (Å²) in [6.07, 6.45) is 2.20. The summed E-state index contributed by atoms with van der Waals surface area (Å²) in [5.74, 6) is 0.264. The van der Waals surface area contributed by atoms with Gasteiger partial charge in [-0.25, -0.2) is 9.59 Å². The van der Waals surface area contributed by atoms with Crippen LogP contribution < -0.4 is 9.47 Å². The lowest BCUT2D eigenvalue weighted by molar-refractivity contribution is -0.140. The quantitative estimate of drug-likeness (QED) is 0.662. The number of hydrogen-bond donors (Lipinski definition) is 0. The molecule has 4 rings (SSSR count). The third-order valence-corrected chi connectivity index (χ3v) is 5.97. The Morgan fingerprint density at radius 3 is 2.31 bits per heavy atom. The number of benzene rings is 1. The number of piperazine rings is 1. The topological polar surface area (TPSA) is 94.6 Å². The fourth-order valence-electron chi connectivity index (χ4n) is 4.70. The number of esters is 1. The Morgan fingerprint density at radius 2 is 1.72 bits per heavy atom. The third kappa shape index (κ3) is 3.03. The van der Waals surface area contributed by atoms with E-state index in [-0.39, 0.29) is 17.6 Å². The van der Waals surface area contributed by atoms with E-state index in [9.17, 15) is 14.4 Å². The molecule has 0 aromatic heterocycles. The van der Waals surface area contributed by atoms with Crippen molar-refractivity contribution < 1.29 is 33.3 Å². The molecule has 0 N–H and O–H groups in total. The first-order valence-electron chi connectivity index (χ1n) is 10.3. The van der Waals surface area contributed by atoms with Gasteiger partial charge in [0, 0.05) is 16.8 Å². The van der Waals surface area contributed by atoms with Gasteiger partial charge in [0.15, 0.2) is 0 Å². The average Bonchev–Trinajstić information content (AvgIpc) is 3.11. The predicted octanol–water partition coefficient (Wildman–Crippen LogP) is 2.66. The highest BCUT2D eigenvalue weighted by atomic mass is 16.6. The summed E-state index contributed by atoms with van der Waals surface area (Å²) in [6.45, 7) is 5.33. The van der Waals surface area contributed by atoms with Crippen molar-refractivity contribution in [3.63, 3.8) is 0 Å². The summed E-state index contributed by atoms with van der Waals surface area (Å²) in [7, 11) is 4.39. The van der Waals surface area contributed by atoms with E-state index >= 15 is 0 Å². The Bertz CT molecular complexity index is 1060. The van der Waals surface area contributed by atoms with Gasteiger partial charge in [0.2, 0.25) is 0 Å². The Labute approximate surface area is 186 Å². The summed E-state index contributed by atoms with van der Waals surface area (Å²) in [6, 6.07) is 1.35. The second-order valence-electron chi connectivity index (χ2n) is 8.05. The molecule has 1 fully saturated rings. The maximum Gasteiger partial charge on any atom is 0.411 e. The minimum atomic E-state index is -0.974. The summed E-state index contributed by atoms with van der Waals surface area (Å²) in [4.78, 5) is 42.1. The number of methoxy groups -OCH3 is 3. The SMILES string of the molecule is COC(=O)C1=C[C@H]2C(=O)N3C(=Cc4c(OC)ccc(OC)c4[C@@H]3C)[C@@H]1N2C(=O)OC(C)C. The fourth-order valence-corrected chi connectivity index (χ4v) is 4.70. The van der Waals surface area contributed by atoms with Crippen LogP contribution in [0.4, 0.5) is 4.79 Å². The summed E-state index contributed by atoms with van der Waals surface area (Å²) >= 11 is 0. The lowest BCUT2D eigenvalue weighted by Gasteiger charge is -2.47. The molecule has 1 aromatic carbocycles. The van der Waals surface area contributed by atoms with Crippen molar-refractivity contribution in [1.82, 2.24) is 9.80 Å². The van der Waals surface area contributed by atoms with E-state index in [0.717, 1.165) is 11.1 Å². The molecule has 3 heterocycles. The summed E-state index contributed by atoms with van der Waals surface area (Å²) in [5, 5.41) is 0. The van der Waals surface area contributed by atoms with Gasteiger partial charge in [0.1, 0.15) is 23.6 Å². The van der Waals surface area contributed by atoms with Gasteiger partial charge in [-0.1, -0.05) is 0 Å². The number of rotatable bonds is 4. The number of fused-ring (bicyclic) bond motifs is 5. The van der Waals surface area contributed by atoms with Crippen LogP contribution in [0.25, 0.3) is 6.08 Å². The molecule has 0 radical (unpaired) electrons. The third-order valence-electron chi connectivity index (χ3n) is 5.97. The molecule has 9 nitrogen and oxygen atoms in total. The minimum absolute atomic E-state index is 0.220. The van der Waals surface area contributed by atoms with Crippen molar-refractivity contribution in [3.8, 4) is 11.5 Å². The van der Waals surface area contributed by atoms with E-state index in [1.165, 1.54) is 18.1 Å². The molecule has 170 valence electrons. The molecule has 1 aromatic rings. The highest BCUT2D eigenvalue weighted by Gasteiger charge is 2.56. The molecule has 2 amide bonds. The molecule has 0 spiro atoms. The van der Waals surface area contributed by atoms with E-state index < -0.39 is 30.2 Å². The van der Waals surface area contributed by atoms with E-state index in [0.29, 0.717) is 17.2 Å². The number of carbonyl (C=O) groups excluding carboxylic acids is 3. The molecule has 3 aliphatic rings. The van der Waals surface area contributed by atoms with Gasteiger partial charge in [0.25, 0.3) is 5.91 Å². The normalized spacial score (nSPS) is 23.2. The highest BCUT2D eigenvalue weighted by molar-refractivity contribution is 6.02. The van der Waals surface area contributed by atoms with Crippen molar-refractivity contribution in [1.29, 1.82) is 0 Å². The first-order valence-corrected chi connectivity index (χ1v) is 10.3. The molecule has 9 heteroatoms. The number of hydrogen-bond acceptors (Lipinski definition) is 7. The van der Waals surface area contributed by atoms with Crippen LogP contribution >= 0.6 is 0 Å². The summed E-state index contributed by atoms with van der Waals surface area (Å²) < 4.78 is 21.5. The minimum Gasteiger partial charge on any atom is -0.496 e. The van der Waals surface area contributed by atoms with Gasteiger partial charge in [0.05, 0.1) is 39.0 Å². The molecule has 0 aliphatic carbocycles. The van der Waals surface area contributed by atoms with Gasteiger partial charge in [-0.05, 0) is 45.1 Å². The van der Waals surface area contributed by atoms with Gasteiger partial charge in [-0.2, -0.15) is 0 Å². The Morgan fingerprint density at radius 1 is 1.06 bits per heavy atom. The van der Waals surface area contributed by atoms with Crippen LogP contribution in [0.3, 0.4) is 0 Å². The molecule has 0 saturated carbocycles. The Kier molecular flexibility index (Phi) is 5.36. The summed E-state index contributed by atoms with van der Waals surface area (Å²) in [5.41, 5.74) is 2.22. The van der Waals surface area contributed by atoms with Crippen molar-refractivity contribution in [3.05, 3.63) is 40.6 Å². The smallest absolute Gasteiger partial charge is 0.411 e. The van der Waals surface area contributed by atoms with Crippen molar-refractivity contribution in [2.75, 3.05) is 21.3 Å². The number of amides is 2. The van der Waals surface area contributed by atoms with Gasteiger partial charge in [-0.3, -0.25) is 9.69 Å². The Balaban J connectivity index is 1.94. The van der Waals surface area contributed by atoms with Crippen LogP contribution in [0, 0.1) is 0 Å². The predicted molar refractivity (Wildman–Crippen MR) is 114 cm³/mol. The first kappa shape index (κ1) is 21.7. The number of ether oxygens (including phenoxy) is 4. The lowest BCUT2D eigenvalue weighted by Crippen LogP contribution is -2.60. The average molecular weight is 442 g/mol. The van der Waals surface area contributed by atoms with Gasteiger partial charge >= 0.3 is 12.1 Å². The van der Waals surface area contributed by atoms with Crippen LogP contribution in [-0.2, 0) is 19.1 Å². The lowest BCUT2D eigenvalue weighted by atomic mass is 9.88. The van der Waals surface area contributed by atoms with Crippen LogP contribution in [0.15, 0.2) is 29.5 Å². The molecule has 2 bridgehead atoms. The molecule has 0 unspecified atom stereocenters. The van der Waals surface area contributed by atoms with E-state index in [1.54, 1.807) is 51.2 Å². The van der Waals surface area contributed by atoms with Gasteiger partial charge in [-0.15, -0.1) is 0 Å². The number of nitrogens with zero attached hydrogens (tertiary/aromatic N) is 2. The van der Waals surface area contributed by atoms with Crippen molar-refractivity contribution in [2.45, 2.75) is 45.0 Å². The maximum atomic E-state index is 13.6. The molecular formula is C23H26N2O7. The van der Waals surface area contributed by atoms with E-state index in [4.69, 9.17) is 18.9 Å². The Hall–Kier alpha value is -3.49. The monoisotopic (exact) mass is 442 g/mol. The first-order chi connectivity index (χ1) is 15.2. The molecule has 1 saturated heterocycles. The molecule has 32 heavy (non-hydrogen) atoms. The molecule has 3 atom stereocenters. The van der Waals surface area contributed by atoms with Gasteiger partial charge < -0.3 is 23.8 Å². The highest BCUT2D eigenvalue weighted by Crippen LogP contribution is 2.49. The second kappa shape index (κ2) is 7.89. The van der Waals surface area contributed by atoms with Crippen LogP contribution in [0.2, 0.25) is 0 Å². The largest absolute Gasteiger partial charge is 0.496 e. The van der Waals surface area contributed by atoms with E-state index in [2.05, 4.69) is 0 Å². The molecular weight excluding hydrogens is 416 g/mol. The molecule has 3 aliphatic heterocycles. The standard InChI is InChI=1S/C23H26N2O7/c1-11(2)32-23(28)25-16-10-14(22(27)31-6)20(25)15-9-13-17(29-4)7-8-18(30-5)19(13)12(3)24(15)21(16)26/h7-12,16,20H,1-6H3/t12-,16-,20+/m0/s1. The van der Waals surface area contributed by atoms with Crippen molar-refractivity contribution >= 4 is 24.0 Å². The second-order valence-corrected chi connectivity index (χ2v) is 8.05. The zero-order valence-corrected chi connectivity index (χ0v) is 18.9.